The predicted octanol–water partition coefficient (Wildman–Crippen LogP) is 1.18. The van der Waals surface area contributed by atoms with Crippen LogP contribution in [0, 0.1) is 13.8 Å². The Labute approximate surface area is 134 Å². The van der Waals surface area contributed by atoms with Gasteiger partial charge in [0.05, 0.1) is 0 Å². The summed E-state index contributed by atoms with van der Waals surface area (Å²) in [6.45, 7) is 5.61. The third-order valence-corrected chi connectivity index (χ3v) is 4.69. The summed E-state index contributed by atoms with van der Waals surface area (Å²) in [7, 11) is 0. The van der Waals surface area contributed by atoms with E-state index in [9.17, 15) is 19.5 Å². The van der Waals surface area contributed by atoms with Crippen molar-refractivity contribution in [2.45, 2.75) is 58.4 Å². The molecule has 1 aromatic heterocycles. The van der Waals surface area contributed by atoms with Crippen LogP contribution in [-0.4, -0.2) is 43.9 Å². The van der Waals surface area contributed by atoms with Crippen molar-refractivity contribution >= 4 is 11.9 Å². The SMILES string of the molecule is Cc1nc(=O)[nH]c(C)c1CCC(=O)N1CCCCC1(C)C(=O)O. The lowest BCUT2D eigenvalue weighted by Crippen LogP contribution is -2.57. The minimum absolute atomic E-state index is 0.167. The Morgan fingerprint density at radius 1 is 1.35 bits per heavy atom. The van der Waals surface area contributed by atoms with Crippen molar-refractivity contribution < 1.29 is 14.7 Å². The van der Waals surface area contributed by atoms with E-state index in [-0.39, 0.29) is 12.3 Å². The second-order valence-electron chi connectivity index (χ2n) is 6.31. The van der Waals surface area contributed by atoms with Crippen molar-refractivity contribution in [3.63, 3.8) is 0 Å². The van der Waals surface area contributed by atoms with Crippen LogP contribution in [0.3, 0.4) is 0 Å². The molecule has 0 radical (unpaired) electrons. The largest absolute Gasteiger partial charge is 0.480 e. The summed E-state index contributed by atoms with van der Waals surface area (Å²) in [5, 5.41) is 9.48. The fraction of sp³-hybridized carbons (Fsp3) is 0.625. The number of likely N-dealkylation sites (tertiary alicyclic amines) is 1. The molecule has 1 unspecified atom stereocenters. The zero-order valence-electron chi connectivity index (χ0n) is 13.8. The Morgan fingerprint density at radius 2 is 2.04 bits per heavy atom. The molecule has 1 aromatic rings. The molecule has 1 aliphatic rings. The molecule has 0 bridgehead atoms. The van der Waals surface area contributed by atoms with Gasteiger partial charge in [-0.25, -0.2) is 9.59 Å². The van der Waals surface area contributed by atoms with Crippen molar-refractivity contribution in [2.75, 3.05) is 6.54 Å². The predicted molar refractivity (Wildman–Crippen MR) is 84.3 cm³/mol. The number of aliphatic carboxylic acids is 1. The molecule has 7 heteroatoms. The lowest BCUT2D eigenvalue weighted by Gasteiger charge is -2.41. The number of aryl methyl sites for hydroxylation is 2. The van der Waals surface area contributed by atoms with E-state index in [1.807, 2.05) is 0 Å². The van der Waals surface area contributed by atoms with Gasteiger partial charge in [-0.3, -0.25) is 4.79 Å². The quantitative estimate of drug-likeness (QED) is 0.866. The molecule has 1 atom stereocenters. The van der Waals surface area contributed by atoms with Crippen molar-refractivity contribution in [1.82, 2.24) is 14.9 Å². The first-order valence-electron chi connectivity index (χ1n) is 7.86. The molecule has 2 heterocycles. The Hall–Kier alpha value is -2.18. The van der Waals surface area contributed by atoms with E-state index in [0.717, 1.165) is 18.4 Å². The number of carboxylic acids is 1. The highest BCUT2D eigenvalue weighted by Gasteiger charge is 2.43. The number of nitrogens with zero attached hydrogens (tertiary/aromatic N) is 2. The molecule has 1 aliphatic heterocycles. The molecule has 2 rings (SSSR count). The third kappa shape index (κ3) is 3.43. The van der Waals surface area contributed by atoms with Crippen LogP contribution in [0.15, 0.2) is 4.79 Å². The minimum Gasteiger partial charge on any atom is -0.480 e. The van der Waals surface area contributed by atoms with Gasteiger partial charge in [0.2, 0.25) is 5.91 Å². The second-order valence-corrected chi connectivity index (χ2v) is 6.31. The first-order chi connectivity index (χ1) is 10.8. The number of H-pyrrole nitrogens is 1. The molecule has 0 aliphatic carbocycles. The number of rotatable bonds is 4. The van der Waals surface area contributed by atoms with E-state index in [1.165, 1.54) is 4.90 Å². The summed E-state index contributed by atoms with van der Waals surface area (Å²) < 4.78 is 0. The molecule has 0 saturated carbocycles. The van der Waals surface area contributed by atoms with Gasteiger partial charge in [-0.2, -0.15) is 4.98 Å². The topological polar surface area (TPSA) is 103 Å². The molecule has 1 amide bonds. The molecule has 2 N–H and O–H groups in total. The number of piperidine rings is 1. The monoisotopic (exact) mass is 321 g/mol. The van der Waals surface area contributed by atoms with Gasteiger partial charge < -0.3 is 15.0 Å². The van der Waals surface area contributed by atoms with Crippen LogP contribution in [0.2, 0.25) is 0 Å². The van der Waals surface area contributed by atoms with Gasteiger partial charge in [-0.1, -0.05) is 0 Å². The molecule has 0 aromatic carbocycles. The van der Waals surface area contributed by atoms with Crippen LogP contribution in [0.5, 0.6) is 0 Å². The lowest BCUT2D eigenvalue weighted by atomic mass is 9.88. The summed E-state index contributed by atoms with van der Waals surface area (Å²) in [6.07, 6.45) is 2.76. The highest BCUT2D eigenvalue weighted by molar-refractivity contribution is 5.87. The van der Waals surface area contributed by atoms with E-state index in [4.69, 9.17) is 0 Å². The summed E-state index contributed by atoms with van der Waals surface area (Å²) in [6, 6.07) is 0. The average Bonchev–Trinajstić information content (AvgIpc) is 2.46. The lowest BCUT2D eigenvalue weighted by molar-refractivity contribution is -0.161. The molecule has 1 saturated heterocycles. The zero-order valence-corrected chi connectivity index (χ0v) is 13.8. The van der Waals surface area contributed by atoms with Gasteiger partial charge in [0.25, 0.3) is 0 Å². The highest BCUT2D eigenvalue weighted by Crippen LogP contribution is 2.29. The van der Waals surface area contributed by atoms with Crippen molar-refractivity contribution in [3.05, 3.63) is 27.4 Å². The number of aromatic nitrogens is 2. The molecular formula is C16H23N3O4. The van der Waals surface area contributed by atoms with Crippen LogP contribution in [0.1, 0.15) is 49.6 Å². The summed E-state index contributed by atoms with van der Waals surface area (Å²) >= 11 is 0. The number of aromatic amines is 1. The zero-order chi connectivity index (χ0) is 17.2. The number of nitrogens with one attached hydrogen (secondary N) is 1. The number of hydrogen-bond donors (Lipinski definition) is 2. The maximum Gasteiger partial charge on any atom is 0.345 e. The minimum atomic E-state index is -1.12. The van der Waals surface area contributed by atoms with Crippen LogP contribution in [-0.2, 0) is 16.0 Å². The Kier molecular flexibility index (Phi) is 4.87. The van der Waals surface area contributed by atoms with Crippen LogP contribution < -0.4 is 5.69 Å². The number of hydrogen-bond acceptors (Lipinski definition) is 4. The number of amides is 1. The van der Waals surface area contributed by atoms with Gasteiger partial charge in [-0.15, -0.1) is 0 Å². The summed E-state index contributed by atoms with van der Waals surface area (Å²) in [4.78, 5) is 43.4. The van der Waals surface area contributed by atoms with Crippen LogP contribution >= 0.6 is 0 Å². The van der Waals surface area contributed by atoms with Crippen LogP contribution in [0.4, 0.5) is 0 Å². The van der Waals surface area contributed by atoms with Crippen molar-refractivity contribution in [3.8, 4) is 0 Å². The molecule has 126 valence electrons. The maximum absolute atomic E-state index is 12.6. The number of carbonyl (C=O) groups is 2. The van der Waals surface area contributed by atoms with Gasteiger partial charge >= 0.3 is 11.7 Å². The third-order valence-electron chi connectivity index (χ3n) is 4.69. The average molecular weight is 321 g/mol. The van der Waals surface area contributed by atoms with Crippen LogP contribution in [0.25, 0.3) is 0 Å². The first kappa shape index (κ1) is 17.2. The maximum atomic E-state index is 12.6. The van der Waals surface area contributed by atoms with Gasteiger partial charge in [-0.05, 0) is 52.0 Å². The molecule has 1 fully saturated rings. The van der Waals surface area contributed by atoms with Crippen molar-refractivity contribution in [1.29, 1.82) is 0 Å². The standard InChI is InChI=1S/C16H23N3O4/c1-10-12(11(2)18-15(23)17-10)6-7-13(20)19-9-5-4-8-16(19,3)14(21)22/h4-9H2,1-3H3,(H,21,22)(H,17,18,23). The van der Waals surface area contributed by atoms with Gasteiger partial charge in [0.15, 0.2) is 0 Å². The van der Waals surface area contributed by atoms with E-state index >= 15 is 0 Å². The fourth-order valence-corrected chi connectivity index (χ4v) is 3.23. The van der Waals surface area contributed by atoms with Gasteiger partial charge in [0.1, 0.15) is 5.54 Å². The van der Waals surface area contributed by atoms with E-state index in [0.29, 0.717) is 30.8 Å². The second kappa shape index (κ2) is 6.52. The Balaban J connectivity index is 2.13. The van der Waals surface area contributed by atoms with E-state index in [2.05, 4.69) is 9.97 Å². The van der Waals surface area contributed by atoms with E-state index < -0.39 is 17.2 Å². The normalized spacial score (nSPS) is 21.3. The highest BCUT2D eigenvalue weighted by atomic mass is 16.4. The first-order valence-corrected chi connectivity index (χ1v) is 7.86. The van der Waals surface area contributed by atoms with Gasteiger partial charge in [0, 0.05) is 24.4 Å². The number of carboxylic acid groups (broad SMARTS) is 1. The summed E-state index contributed by atoms with van der Waals surface area (Å²) in [5.41, 5.74) is 0.632. The molecule has 0 spiro atoms. The fourth-order valence-electron chi connectivity index (χ4n) is 3.23. The summed E-state index contributed by atoms with van der Waals surface area (Å²) in [5.74, 6) is -1.12. The molecule has 23 heavy (non-hydrogen) atoms. The molecular weight excluding hydrogens is 298 g/mol. The molecule has 7 nitrogen and oxygen atoms in total. The Bertz CT molecular complexity index is 656. The van der Waals surface area contributed by atoms with Crippen molar-refractivity contribution in [2.24, 2.45) is 0 Å². The van der Waals surface area contributed by atoms with E-state index in [1.54, 1.807) is 20.8 Å². The number of carbonyl (C=O) groups excluding carboxylic acids is 1. The Morgan fingerprint density at radius 3 is 2.65 bits per heavy atom. The smallest absolute Gasteiger partial charge is 0.345 e.